The van der Waals surface area contributed by atoms with Crippen LogP contribution in [0.25, 0.3) is 10.2 Å². The van der Waals surface area contributed by atoms with Gasteiger partial charge in [-0.15, -0.1) is 11.3 Å². The van der Waals surface area contributed by atoms with Gasteiger partial charge in [0.25, 0.3) is 0 Å². The van der Waals surface area contributed by atoms with Crippen molar-refractivity contribution in [3.05, 3.63) is 17.1 Å². The first-order chi connectivity index (χ1) is 8.78. The van der Waals surface area contributed by atoms with Crippen LogP contribution in [0.2, 0.25) is 0 Å². The van der Waals surface area contributed by atoms with Gasteiger partial charge in [-0.1, -0.05) is 0 Å². The summed E-state index contributed by atoms with van der Waals surface area (Å²) in [6.45, 7) is 0.701. The molecule has 98 valence electrons. The molecular formula is C12H16N2O2S2. The third kappa shape index (κ3) is 2.88. The highest BCUT2D eigenvalue weighted by molar-refractivity contribution is 7.98. The fraction of sp³-hybridized carbons (Fsp3) is 0.417. The second kappa shape index (κ2) is 6.26. The minimum absolute atomic E-state index is 0.701. The Morgan fingerprint density at radius 2 is 2.17 bits per heavy atom. The Bertz CT molecular complexity index is 528. The van der Waals surface area contributed by atoms with Gasteiger partial charge in [0.15, 0.2) is 0 Å². The second-order valence-corrected chi connectivity index (χ2v) is 5.85. The number of ether oxygens (including phenoxy) is 2. The first-order valence-corrected chi connectivity index (χ1v) is 7.55. The number of aromatic nitrogens is 1. The van der Waals surface area contributed by atoms with Crippen molar-refractivity contribution in [3.8, 4) is 11.5 Å². The van der Waals surface area contributed by atoms with E-state index in [9.17, 15) is 0 Å². The van der Waals surface area contributed by atoms with Crippen LogP contribution in [-0.2, 0) is 5.75 Å². The monoisotopic (exact) mass is 284 g/mol. The van der Waals surface area contributed by atoms with E-state index in [0.29, 0.717) is 6.54 Å². The number of rotatable bonds is 6. The molecule has 0 amide bonds. The van der Waals surface area contributed by atoms with Gasteiger partial charge in [0.1, 0.15) is 22.0 Å². The molecule has 0 atom stereocenters. The van der Waals surface area contributed by atoms with Gasteiger partial charge in [0.2, 0.25) is 0 Å². The lowest BCUT2D eigenvalue weighted by molar-refractivity contribution is 0.397. The molecule has 0 aliphatic heterocycles. The van der Waals surface area contributed by atoms with Crippen LogP contribution in [0.3, 0.4) is 0 Å². The van der Waals surface area contributed by atoms with Crippen LogP contribution < -0.4 is 15.2 Å². The maximum atomic E-state index is 5.48. The van der Waals surface area contributed by atoms with E-state index in [1.165, 1.54) is 0 Å². The Kier molecular flexibility index (Phi) is 4.68. The first-order valence-electron chi connectivity index (χ1n) is 5.57. The van der Waals surface area contributed by atoms with Gasteiger partial charge in [-0.25, -0.2) is 4.98 Å². The lowest BCUT2D eigenvalue weighted by Gasteiger charge is -2.03. The predicted octanol–water partition coefficient (Wildman–Crippen LogP) is 2.51. The summed E-state index contributed by atoms with van der Waals surface area (Å²) in [5.41, 5.74) is 6.39. The SMILES string of the molecule is COc1cc(OC)c2nc(CSCCN)sc2c1. The molecule has 1 heterocycles. The van der Waals surface area contributed by atoms with Crippen molar-refractivity contribution >= 4 is 33.3 Å². The zero-order valence-corrected chi connectivity index (χ0v) is 12.1. The van der Waals surface area contributed by atoms with Crippen molar-refractivity contribution in [1.29, 1.82) is 0 Å². The number of nitrogens with two attached hydrogens (primary N) is 1. The maximum absolute atomic E-state index is 5.48. The zero-order chi connectivity index (χ0) is 13.0. The van der Waals surface area contributed by atoms with E-state index in [4.69, 9.17) is 15.2 Å². The molecule has 1 aromatic carbocycles. The molecule has 0 aliphatic carbocycles. The molecule has 2 aromatic rings. The second-order valence-electron chi connectivity index (χ2n) is 3.63. The van der Waals surface area contributed by atoms with Crippen molar-refractivity contribution in [2.45, 2.75) is 5.75 Å². The fourth-order valence-corrected chi connectivity index (χ4v) is 3.44. The number of benzene rings is 1. The van der Waals surface area contributed by atoms with Crippen LogP contribution in [0.1, 0.15) is 5.01 Å². The molecule has 6 heteroatoms. The number of thiazole rings is 1. The van der Waals surface area contributed by atoms with E-state index >= 15 is 0 Å². The maximum Gasteiger partial charge on any atom is 0.149 e. The summed E-state index contributed by atoms with van der Waals surface area (Å²) >= 11 is 3.47. The highest BCUT2D eigenvalue weighted by Crippen LogP contribution is 2.35. The molecule has 2 rings (SSSR count). The van der Waals surface area contributed by atoms with Crippen molar-refractivity contribution in [2.24, 2.45) is 5.73 Å². The van der Waals surface area contributed by atoms with Crippen molar-refractivity contribution in [3.63, 3.8) is 0 Å². The summed E-state index contributed by atoms with van der Waals surface area (Å²) in [6.07, 6.45) is 0. The van der Waals surface area contributed by atoms with Crippen LogP contribution in [-0.4, -0.2) is 31.5 Å². The first kappa shape index (κ1) is 13.5. The molecule has 4 nitrogen and oxygen atoms in total. The molecule has 0 fully saturated rings. The smallest absolute Gasteiger partial charge is 0.149 e. The van der Waals surface area contributed by atoms with E-state index in [1.807, 2.05) is 12.1 Å². The van der Waals surface area contributed by atoms with E-state index in [-0.39, 0.29) is 0 Å². The number of methoxy groups -OCH3 is 2. The van der Waals surface area contributed by atoms with Gasteiger partial charge in [0, 0.05) is 24.1 Å². The summed E-state index contributed by atoms with van der Waals surface area (Å²) < 4.78 is 11.7. The van der Waals surface area contributed by atoms with E-state index in [2.05, 4.69) is 4.98 Å². The van der Waals surface area contributed by atoms with Crippen LogP contribution in [0.4, 0.5) is 0 Å². The van der Waals surface area contributed by atoms with E-state index in [0.717, 1.165) is 38.2 Å². The van der Waals surface area contributed by atoms with Crippen molar-refractivity contribution in [2.75, 3.05) is 26.5 Å². The van der Waals surface area contributed by atoms with Gasteiger partial charge in [-0.2, -0.15) is 11.8 Å². The van der Waals surface area contributed by atoms with Gasteiger partial charge in [-0.05, 0) is 6.07 Å². The van der Waals surface area contributed by atoms with Gasteiger partial charge < -0.3 is 15.2 Å². The summed E-state index contributed by atoms with van der Waals surface area (Å²) in [5, 5.41) is 1.09. The molecule has 0 unspecified atom stereocenters. The third-order valence-electron chi connectivity index (χ3n) is 2.42. The molecule has 0 aliphatic rings. The lowest BCUT2D eigenvalue weighted by Crippen LogP contribution is -2.01. The Labute approximate surface area is 114 Å². The van der Waals surface area contributed by atoms with Gasteiger partial charge in [0.05, 0.1) is 18.9 Å². The Morgan fingerprint density at radius 1 is 1.33 bits per heavy atom. The molecule has 0 radical (unpaired) electrons. The van der Waals surface area contributed by atoms with Crippen LogP contribution >= 0.6 is 23.1 Å². The summed E-state index contributed by atoms with van der Waals surface area (Å²) in [4.78, 5) is 4.61. The van der Waals surface area contributed by atoms with E-state index < -0.39 is 0 Å². The quantitative estimate of drug-likeness (QED) is 0.826. The molecule has 1 aromatic heterocycles. The highest BCUT2D eigenvalue weighted by atomic mass is 32.2. The third-order valence-corrected chi connectivity index (χ3v) is 4.61. The number of thioether (sulfide) groups is 1. The lowest BCUT2D eigenvalue weighted by atomic mass is 10.3. The normalized spacial score (nSPS) is 10.8. The molecule has 0 saturated carbocycles. The average molecular weight is 284 g/mol. The standard InChI is InChI=1S/C12H16N2O2S2/c1-15-8-5-9(16-2)12-10(6-8)18-11(14-12)7-17-4-3-13/h5-6H,3-4,7,13H2,1-2H3. The van der Waals surface area contributed by atoms with Crippen LogP contribution in [0, 0.1) is 0 Å². The highest BCUT2D eigenvalue weighted by Gasteiger charge is 2.11. The largest absolute Gasteiger partial charge is 0.497 e. The number of hydrogen-bond acceptors (Lipinski definition) is 6. The van der Waals surface area contributed by atoms with Crippen LogP contribution in [0.15, 0.2) is 12.1 Å². The van der Waals surface area contributed by atoms with E-state index in [1.54, 1.807) is 37.3 Å². The Morgan fingerprint density at radius 3 is 2.83 bits per heavy atom. The number of nitrogens with zero attached hydrogens (tertiary/aromatic N) is 1. The number of fused-ring (bicyclic) bond motifs is 1. The molecular weight excluding hydrogens is 268 g/mol. The number of hydrogen-bond donors (Lipinski definition) is 1. The Balaban J connectivity index is 2.31. The minimum Gasteiger partial charge on any atom is -0.497 e. The van der Waals surface area contributed by atoms with Gasteiger partial charge >= 0.3 is 0 Å². The van der Waals surface area contributed by atoms with Crippen molar-refractivity contribution in [1.82, 2.24) is 4.98 Å². The zero-order valence-electron chi connectivity index (χ0n) is 10.4. The Hall–Kier alpha value is -0.980. The average Bonchev–Trinajstić information content (AvgIpc) is 2.80. The molecule has 0 saturated heterocycles. The molecule has 2 N–H and O–H groups in total. The summed E-state index contributed by atoms with van der Waals surface area (Å²) in [5.74, 6) is 3.40. The summed E-state index contributed by atoms with van der Waals surface area (Å²) in [7, 11) is 3.30. The van der Waals surface area contributed by atoms with Gasteiger partial charge in [-0.3, -0.25) is 0 Å². The minimum atomic E-state index is 0.701. The molecule has 0 spiro atoms. The molecule has 0 bridgehead atoms. The van der Waals surface area contributed by atoms with Crippen molar-refractivity contribution < 1.29 is 9.47 Å². The molecule has 18 heavy (non-hydrogen) atoms. The predicted molar refractivity (Wildman–Crippen MR) is 77.9 cm³/mol. The fourth-order valence-electron chi connectivity index (χ4n) is 1.60. The summed E-state index contributed by atoms with van der Waals surface area (Å²) in [6, 6.07) is 3.85. The van der Waals surface area contributed by atoms with Crippen LogP contribution in [0.5, 0.6) is 11.5 Å². The topological polar surface area (TPSA) is 57.4 Å².